The average Bonchev–Trinajstić information content (AvgIpc) is 2.67. The van der Waals surface area contributed by atoms with Gasteiger partial charge in [0.1, 0.15) is 11.3 Å². The Kier molecular flexibility index (Phi) is 2.64. The zero-order valence-electron chi connectivity index (χ0n) is 9.57. The summed E-state index contributed by atoms with van der Waals surface area (Å²) in [6.45, 7) is 0. The van der Waals surface area contributed by atoms with E-state index in [1.54, 1.807) is 24.3 Å². The Morgan fingerprint density at radius 1 is 1.16 bits per heavy atom. The quantitative estimate of drug-likeness (QED) is 0.740. The maximum Gasteiger partial charge on any atom is 0.206 e. The van der Waals surface area contributed by atoms with Crippen LogP contribution in [0.3, 0.4) is 0 Å². The van der Waals surface area contributed by atoms with Crippen LogP contribution < -0.4 is 5.73 Å². The number of benzene rings is 2. The zero-order chi connectivity index (χ0) is 13.6. The van der Waals surface area contributed by atoms with E-state index >= 15 is 0 Å². The van der Waals surface area contributed by atoms with Crippen molar-refractivity contribution >= 4 is 28.6 Å². The third kappa shape index (κ3) is 1.82. The van der Waals surface area contributed by atoms with Crippen molar-refractivity contribution in [1.82, 2.24) is 9.55 Å². The standard InChI is InChI=1S/C13H8ClF2N3/c14-8-3-1-2-4-10(8)19-11-6-7(15)5-9(16)12(11)18-13(19)17/h1-6H,(H2,17,18). The predicted octanol–water partition coefficient (Wildman–Crippen LogP) is 3.54. The molecule has 0 spiro atoms. The summed E-state index contributed by atoms with van der Waals surface area (Å²) < 4.78 is 28.4. The third-order valence-electron chi connectivity index (χ3n) is 2.80. The molecule has 3 nitrogen and oxygen atoms in total. The lowest BCUT2D eigenvalue weighted by Crippen LogP contribution is -2.01. The lowest BCUT2D eigenvalue weighted by molar-refractivity contribution is 0.590. The molecule has 19 heavy (non-hydrogen) atoms. The van der Waals surface area contributed by atoms with Gasteiger partial charge in [-0.25, -0.2) is 13.8 Å². The largest absolute Gasteiger partial charge is 0.369 e. The van der Waals surface area contributed by atoms with E-state index in [4.69, 9.17) is 17.3 Å². The van der Waals surface area contributed by atoms with Crippen LogP contribution >= 0.6 is 11.6 Å². The molecule has 0 aliphatic heterocycles. The van der Waals surface area contributed by atoms with Crippen molar-refractivity contribution in [3.8, 4) is 5.69 Å². The Bertz CT molecular complexity index is 783. The topological polar surface area (TPSA) is 43.8 Å². The van der Waals surface area contributed by atoms with Crippen LogP contribution in [-0.4, -0.2) is 9.55 Å². The van der Waals surface area contributed by atoms with Crippen LogP contribution in [0.1, 0.15) is 0 Å². The molecule has 3 rings (SSSR count). The van der Waals surface area contributed by atoms with Crippen molar-refractivity contribution in [3.05, 3.63) is 53.1 Å². The van der Waals surface area contributed by atoms with Gasteiger partial charge >= 0.3 is 0 Å². The Morgan fingerprint density at radius 3 is 2.63 bits per heavy atom. The highest BCUT2D eigenvalue weighted by atomic mass is 35.5. The minimum Gasteiger partial charge on any atom is -0.369 e. The van der Waals surface area contributed by atoms with E-state index in [1.807, 2.05) is 0 Å². The van der Waals surface area contributed by atoms with Gasteiger partial charge in [0.2, 0.25) is 5.95 Å². The Morgan fingerprint density at radius 2 is 1.89 bits per heavy atom. The van der Waals surface area contributed by atoms with Crippen molar-refractivity contribution in [2.45, 2.75) is 0 Å². The summed E-state index contributed by atoms with van der Waals surface area (Å²) >= 11 is 6.08. The Labute approximate surface area is 112 Å². The van der Waals surface area contributed by atoms with Gasteiger partial charge in [-0.05, 0) is 12.1 Å². The first-order valence-corrected chi connectivity index (χ1v) is 5.83. The summed E-state index contributed by atoms with van der Waals surface area (Å²) in [6, 6.07) is 8.81. The normalized spacial score (nSPS) is 11.1. The van der Waals surface area contributed by atoms with Crippen molar-refractivity contribution in [1.29, 1.82) is 0 Å². The molecule has 96 valence electrons. The van der Waals surface area contributed by atoms with Crippen molar-refractivity contribution in [2.24, 2.45) is 0 Å². The average molecular weight is 280 g/mol. The number of imidazole rings is 1. The van der Waals surface area contributed by atoms with Crippen LogP contribution in [0.5, 0.6) is 0 Å². The van der Waals surface area contributed by atoms with Gasteiger partial charge in [-0.3, -0.25) is 4.57 Å². The number of nitrogens with two attached hydrogens (primary N) is 1. The first-order chi connectivity index (χ1) is 9.08. The van der Waals surface area contributed by atoms with E-state index < -0.39 is 11.6 Å². The van der Waals surface area contributed by atoms with Gasteiger partial charge in [-0.2, -0.15) is 0 Å². The van der Waals surface area contributed by atoms with E-state index in [-0.39, 0.29) is 17.0 Å². The van der Waals surface area contributed by atoms with Gasteiger partial charge in [0.05, 0.1) is 16.2 Å². The molecule has 0 amide bonds. The summed E-state index contributed by atoms with van der Waals surface area (Å²) in [5.41, 5.74) is 6.55. The molecule has 2 N–H and O–H groups in total. The molecule has 6 heteroatoms. The fourth-order valence-corrected chi connectivity index (χ4v) is 2.23. The maximum atomic E-state index is 13.7. The smallest absolute Gasteiger partial charge is 0.206 e. The highest BCUT2D eigenvalue weighted by molar-refractivity contribution is 6.32. The molecular formula is C13H8ClF2N3. The minimum atomic E-state index is -0.757. The summed E-state index contributed by atoms with van der Waals surface area (Å²) in [4.78, 5) is 3.91. The number of nitrogen functional groups attached to an aromatic ring is 1. The van der Waals surface area contributed by atoms with Gasteiger partial charge in [-0.15, -0.1) is 0 Å². The second-order valence-electron chi connectivity index (χ2n) is 4.01. The molecule has 0 radical (unpaired) electrons. The number of halogens is 3. The first-order valence-electron chi connectivity index (χ1n) is 5.46. The SMILES string of the molecule is Nc1nc2c(F)cc(F)cc2n1-c1ccccc1Cl. The van der Waals surface area contributed by atoms with Crippen LogP contribution in [0.15, 0.2) is 36.4 Å². The molecule has 2 aromatic carbocycles. The molecule has 0 fully saturated rings. The van der Waals surface area contributed by atoms with Crippen LogP contribution in [-0.2, 0) is 0 Å². The molecule has 0 unspecified atom stereocenters. The maximum absolute atomic E-state index is 13.7. The number of hydrogen-bond acceptors (Lipinski definition) is 2. The second kappa shape index (κ2) is 4.20. The van der Waals surface area contributed by atoms with E-state index in [0.717, 1.165) is 6.07 Å². The minimum absolute atomic E-state index is 0.0128. The van der Waals surface area contributed by atoms with E-state index in [1.165, 1.54) is 10.6 Å². The fraction of sp³-hybridized carbons (Fsp3) is 0. The van der Waals surface area contributed by atoms with Gasteiger partial charge in [0, 0.05) is 12.1 Å². The van der Waals surface area contributed by atoms with Gasteiger partial charge < -0.3 is 5.73 Å². The van der Waals surface area contributed by atoms with Crippen molar-refractivity contribution in [3.63, 3.8) is 0 Å². The van der Waals surface area contributed by atoms with E-state index in [0.29, 0.717) is 10.7 Å². The van der Waals surface area contributed by atoms with Crippen LogP contribution in [0.25, 0.3) is 16.7 Å². The molecule has 0 aliphatic carbocycles. The number of anilines is 1. The molecule has 3 aromatic rings. The first kappa shape index (κ1) is 11.9. The van der Waals surface area contributed by atoms with E-state index in [2.05, 4.69) is 4.98 Å². The fourth-order valence-electron chi connectivity index (χ4n) is 2.01. The molecular weight excluding hydrogens is 272 g/mol. The molecule has 1 aromatic heterocycles. The molecule has 1 heterocycles. The monoisotopic (exact) mass is 279 g/mol. The van der Waals surface area contributed by atoms with Crippen molar-refractivity contribution < 1.29 is 8.78 Å². The second-order valence-corrected chi connectivity index (χ2v) is 4.42. The summed E-state index contributed by atoms with van der Waals surface area (Å²) in [5, 5.41) is 0.415. The molecule has 0 saturated heterocycles. The summed E-state index contributed by atoms with van der Waals surface area (Å²) in [5.74, 6) is -1.40. The number of fused-ring (bicyclic) bond motifs is 1. The number of hydrogen-bond donors (Lipinski definition) is 1. The Hall–Kier alpha value is -2.14. The highest BCUT2D eigenvalue weighted by Crippen LogP contribution is 2.29. The molecule has 0 atom stereocenters. The van der Waals surface area contributed by atoms with E-state index in [9.17, 15) is 8.78 Å². The van der Waals surface area contributed by atoms with Crippen LogP contribution in [0.2, 0.25) is 5.02 Å². The molecule has 0 aliphatic rings. The molecule has 0 saturated carbocycles. The van der Waals surface area contributed by atoms with Gasteiger partial charge in [0.25, 0.3) is 0 Å². The number of rotatable bonds is 1. The van der Waals surface area contributed by atoms with Crippen molar-refractivity contribution in [2.75, 3.05) is 5.73 Å². The summed E-state index contributed by atoms with van der Waals surface area (Å²) in [7, 11) is 0. The third-order valence-corrected chi connectivity index (χ3v) is 3.12. The number of nitrogens with zero attached hydrogens (tertiary/aromatic N) is 2. The number of para-hydroxylation sites is 1. The summed E-state index contributed by atoms with van der Waals surface area (Å²) in [6.07, 6.45) is 0. The Balaban J connectivity index is 2.42. The molecule has 0 bridgehead atoms. The van der Waals surface area contributed by atoms with Crippen LogP contribution in [0, 0.1) is 11.6 Å². The number of aromatic nitrogens is 2. The lowest BCUT2D eigenvalue weighted by atomic mass is 10.2. The zero-order valence-corrected chi connectivity index (χ0v) is 10.3. The highest BCUT2D eigenvalue weighted by Gasteiger charge is 2.16. The van der Waals surface area contributed by atoms with Crippen LogP contribution in [0.4, 0.5) is 14.7 Å². The lowest BCUT2D eigenvalue weighted by Gasteiger charge is -2.08. The van der Waals surface area contributed by atoms with Gasteiger partial charge in [-0.1, -0.05) is 23.7 Å². The van der Waals surface area contributed by atoms with Gasteiger partial charge in [0.15, 0.2) is 5.82 Å². The predicted molar refractivity (Wildman–Crippen MR) is 70.4 cm³/mol.